The van der Waals surface area contributed by atoms with Crippen LogP contribution in [-0.2, 0) is 9.59 Å². The van der Waals surface area contributed by atoms with Gasteiger partial charge in [-0.15, -0.1) is 0 Å². The van der Waals surface area contributed by atoms with E-state index < -0.39 is 6.04 Å². The zero-order valence-corrected chi connectivity index (χ0v) is 12.9. The number of hydrogen-bond acceptors (Lipinski definition) is 4. The standard InChI is InChI=1S/C15H23N3O3/c1-5-9(2)14(16)15(20)18-12-8-11(17-10(3)19)6-7-13(12)21-4/h6-9,14H,5,16H2,1-4H3,(H,17,19)(H,18,20)/t9-,14-/m0/s1. The Balaban J connectivity index is 2.94. The van der Waals surface area contributed by atoms with E-state index in [1.807, 2.05) is 13.8 Å². The smallest absolute Gasteiger partial charge is 0.241 e. The summed E-state index contributed by atoms with van der Waals surface area (Å²) >= 11 is 0. The Kier molecular flexibility index (Phi) is 6.17. The van der Waals surface area contributed by atoms with Crippen molar-refractivity contribution < 1.29 is 14.3 Å². The summed E-state index contributed by atoms with van der Waals surface area (Å²) in [5.41, 5.74) is 6.97. The third-order valence-electron chi connectivity index (χ3n) is 3.34. The summed E-state index contributed by atoms with van der Waals surface area (Å²) in [4.78, 5) is 23.2. The van der Waals surface area contributed by atoms with Crippen LogP contribution in [0.5, 0.6) is 5.75 Å². The number of ether oxygens (including phenoxy) is 1. The predicted molar refractivity (Wildman–Crippen MR) is 83.4 cm³/mol. The highest BCUT2D eigenvalue weighted by Crippen LogP contribution is 2.28. The maximum absolute atomic E-state index is 12.1. The molecule has 0 aromatic heterocycles. The van der Waals surface area contributed by atoms with Crippen LogP contribution in [0, 0.1) is 5.92 Å². The molecule has 0 aliphatic carbocycles. The Labute approximate surface area is 125 Å². The van der Waals surface area contributed by atoms with Gasteiger partial charge in [0.1, 0.15) is 5.75 Å². The molecule has 0 aliphatic heterocycles. The van der Waals surface area contributed by atoms with E-state index in [-0.39, 0.29) is 17.7 Å². The zero-order valence-electron chi connectivity index (χ0n) is 12.9. The summed E-state index contributed by atoms with van der Waals surface area (Å²) in [6.07, 6.45) is 0.817. The van der Waals surface area contributed by atoms with Crippen molar-refractivity contribution in [1.82, 2.24) is 0 Å². The van der Waals surface area contributed by atoms with Crippen LogP contribution in [0.25, 0.3) is 0 Å². The van der Waals surface area contributed by atoms with Crippen molar-refractivity contribution in [3.05, 3.63) is 18.2 Å². The van der Waals surface area contributed by atoms with Crippen molar-refractivity contribution in [1.29, 1.82) is 0 Å². The molecule has 0 spiro atoms. The fourth-order valence-corrected chi connectivity index (χ4v) is 1.82. The number of nitrogens with one attached hydrogen (secondary N) is 2. The molecule has 0 bridgehead atoms. The largest absolute Gasteiger partial charge is 0.495 e. The van der Waals surface area contributed by atoms with E-state index >= 15 is 0 Å². The highest BCUT2D eigenvalue weighted by atomic mass is 16.5. The molecule has 2 amide bonds. The van der Waals surface area contributed by atoms with Crippen LogP contribution in [0.4, 0.5) is 11.4 Å². The van der Waals surface area contributed by atoms with Crippen molar-refractivity contribution in [2.45, 2.75) is 33.2 Å². The van der Waals surface area contributed by atoms with Crippen LogP contribution in [0.2, 0.25) is 0 Å². The average Bonchev–Trinajstić information content (AvgIpc) is 2.45. The van der Waals surface area contributed by atoms with Gasteiger partial charge in [0, 0.05) is 12.6 Å². The van der Waals surface area contributed by atoms with Crippen LogP contribution in [0.3, 0.4) is 0 Å². The molecule has 0 saturated heterocycles. The second-order valence-electron chi connectivity index (χ2n) is 5.00. The lowest BCUT2D eigenvalue weighted by molar-refractivity contribution is -0.118. The lowest BCUT2D eigenvalue weighted by Crippen LogP contribution is -2.40. The Morgan fingerprint density at radius 1 is 1.33 bits per heavy atom. The average molecular weight is 293 g/mol. The SMILES string of the molecule is CC[C@H](C)[C@H](N)C(=O)Nc1cc(NC(C)=O)ccc1OC. The van der Waals surface area contributed by atoms with Crippen LogP contribution in [0.1, 0.15) is 27.2 Å². The van der Waals surface area contributed by atoms with Gasteiger partial charge >= 0.3 is 0 Å². The first-order chi connectivity index (χ1) is 9.88. The first kappa shape index (κ1) is 17.0. The normalized spacial score (nSPS) is 13.2. The number of anilines is 2. The van der Waals surface area contributed by atoms with Crippen molar-refractivity contribution in [2.75, 3.05) is 17.7 Å². The van der Waals surface area contributed by atoms with Gasteiger partial charge in [-0.05, 0) is 24.1 Å². The highest BCUT2D eigenvalue weighted by Gasteiger charge is 2.20. The molecule has 21 heavy (non-hydrogen) atoms. The Hall–Kier alpha value is -2.08. The lowest BCUT2D eigenvalue weighted by atomic mass is 9.99. The summed E-state index contributed by atoms with van der Waals surface area (Å²) in [6.45, 7) is 5.33. The predicted octanol–water partition coefficient (Wildman–Crippen LogP) is 1.97. The first-order valence-electron chi connectivity index (χ1n) is 6.91. The Morgan fingerprint density at radius 2 is 2.00 bits per heavy atom. The van der Waals surface area contributed by atoms with Gasteiger partial charge < -0.3 is 21.1 Å². The third-order valence-corrected chi connectivity index (χ3v) is 3.34. The fourth-order valence-electron chi connectivity index (χ4n) is 1.82. The maximum Gasteiger partial charge on any atom is 0.241 e. The molecule has 1 aromatic rings. The summed E-state index contributed by atoms with van der Waals surface area (Å²) in [5, 5.41) is 5.41. The van der Waals surface area contributed by atoms with E-state index in [1.165, 1.54) is 14.0 Å². The lowest BCUT2D eigenvalue weighted by Gasteiger charge is -2.19. The Bertz CT molecular complexity index is 517. The van der Waals surface area contributed by atoms with E-state index in [2.05, 4.69) is 10.6 Å². The zero-order chi connectivity index (χ0) is 16.0. The molecular weight excluding hydrogens is 270 g/mol. The molecule has 6 heteroatoms. The molecule has 0 fully saturated rings. The Morgan fingerprint density at radius 3 is 2.52 bits per heavy atom. The minimum atomic E-state index is -0.593. The van der Waals surface area contributed by atoms with Gasteiger partial charge in [-0.3, -0.25) is 9.59 Å². The second-order valence-corrected chi connectivity index (χ2v) is 5.00. The molecule has 1 rings (SSSR count). The number of hydrogen-bond donors (Lipinski definition) is 3. The highest BCUT2D eigenvalue weighted by molar-refractivity contribution is 5.97. The minimum absolute atomic E-state index is 0.0783. The molecule has 1 aromatic carbocycles. The number of rotatable bonds is 6. The van der Waals surface area contributed by atoms with E-state index in [0.29, 0.717) is 17.1 Å². The summed E-state index contributed by atoms with van der Waals surface area (Å²) in [7, 11) is 1.51. The van der Waals surface area contributed by atoms with E-state index in [1.54, 1.807) is 18.2 Å². The summed E-state index contributed by atoms with van der Waals surface area (Å²) in [6, 6.07) is 4.42. The maximum atomic E-state index is 12.1. The molecule has 0 unspecified atom stereocenters. The van der Waals surface area contributed by atoms with Crippen LogP contribution in [-0.4, -0.2) is 25.0 Å². The third kappa shape index (κ3) is 4.75. The van der Waals surface area contributed by atoms with Gasteiger partial charge in [-0.2, -0.15) is 0 Å². The number of amides is 2. The van der Waals surface area contributed by atoms with Gasteiger partial charge in [0.15, 0.2) is 0 Å². The van der Waals surface area contributed by atoms with Crippen LogP contribution in [0.15, 0.2) is 18.2 Å². The second kappa shape index (κ2) is 7.64. The quantitative estimate of drug-likeness (QED) is 0.747. The number of carbonyl (C=O) groups excluding carboxylic acids is 2. The van der Waals surface area contributed by atoms with Gasteiger partial charge in [0.25, 0.3) is 0 Å². The van der Waals surface area contributed by atoms with Crippen LogP contribution < -0.4 is 21.1 Å². The fraction of sp³-hybridized carbons (Fsp3) is 0.467. The molecule has 6 nitrogen and oxygen atoms in total. The van der Waals surface area contributed by atoms with Gasteiger partial charge in [0.05, 0.1) is 18.8 Å². The van der Waals surface area contributed by atoms with Gasteiger partial charge in [-0.1, -0.05) is 20.3 Å². The van der Waals surface area contributed by atoms with E-state index in [9.17, 15) is 9.59 Å². The molecule has 4 N–H and O–H groups in total. The van der Waals surface area contributed by atoms with Crippen molar-refractivity contribution in [3.8, 4) is 5.75 Å². The van der Waals surface area contributed by atoms with E-state index in [0.717, 1.165) is 6.42 Å². The number of carbonyl (C=O) groups is 2. The van der Waals surface area contributed by atoms with Crippen molar-refractivity contribution in [3.63, 3.8) is 0 Å². The number of benzene rings is 1. The summed E-state index contributed by atoms with van der Waals surface area (Å²) < 4.78 is 5.20. The first-order valence-corrected chi connectivity index (χ1v) is 6.91. The van der Waals surface area contributed by atoms with Crippen molar-refractivity contribution >= 4 is 23.2 Å². The van der Waals surface area contributed by atoms with Crippen molar-refractivity contribution in [2.24, 2.45) is 11.7 Å². The molecule has 0 saturated carbocycles. The minimum Gasteiger partial charge on any atom is -0.495 e. The molecular formula is C15H23N3O3. The van der Waals surface area contributed by atoms with Crippen LogP contribution >= 0.6 is 0 Å². The van der Waals surface area contributed by atoms with E-state index in [4.69, 9.17) is 10.5 Å². The van der Waals surface area contributed by atoms with Gasteiger partial charge in [0.2, 0.25) is 11.8 Å². The molecule has 0 radical (unpaired) electrons. The number of nitrogens with two attached hydrogens (primary N) is 1. The topological polar surface area (TPSA) is 93.5 Å². The molecule has 0 heterocycles. The van der Waals surface area contributed by atoms with Gasteiger partial charge in [-0.25, -0.2) is 0 Å². The summed E-state index contributed by atoms with van der Waals surface area (Å²) in [5.74, 6) is 0.125. The number of methoxy groups -OCH3 is 1. The molecule has 116 valence electrons. The monoisotopic (exact) mass is 293 g/mol. The molecule has 0 aliphatic rings. The molecule has 2 atom stereocenters.